The number of amides is 1. The number of carbonyl (C=O) groups excluding carboxylic acids is 2. The number of nitrogens with one attached hydrogen (secondary N) is 1. The molecular weight excluding hydrogens is 755 g/mol. The monoisotopic (exact) mass is 860 g/mol. The van der Waals surface area contributed by atoms with Crippen LogP contribution in [0.4, 0.5) is 0 Å². The third-order valence-electron chi connectivity index (χ3n) is 12.5. The maximum Gasteiger partial charge on any atom is 0.305 e. The Bertz CT molecular complexity index is 951. The van der Waals surface area contributed by atoms with Crippen LogP contribution in [0.3, 0.4) is 0 Å². The molecule has 0 spiro atoms. The lowest BCUT2D eigenvalue weighted by Gasteiger charge is -2.19. The summed E-state index contributed by atoms with van der Waals surface area (Å²) in [5.41, 5.74) is 0. The fourth-order valence-corrected chi connectivity index (χ4v) is 8.27. The van der Waals surface area contributed by atoms with Crippen LogP contribution in [0.5, 0.6) is 0 Å². The average molecular weight is 860 g/mol. The lowest BCUT2D eigenvalue weighted by molar-refractivity contribution is -0.143. The normalized spacial score (nSPS) is 12.8. The first kappa shape index (κ1) is 59.3. The summed E-state index contributed by atoms with van der Waals surface area (Å²) in [7, 11) is 0. The quantitative estimate of drug-likeness (QED) is 0.0322. The van der Waals surface area contributed by atoms with E-state index in [4.69, 9.17) is 4.74 Å². The summed E-state index contributed by atoms with van der Waals surface area (Å²) in [5.74, 6) is -0.109. The van der Waals surface area contributed by atoms with Crippen LogP contribution in [0, 0.1) is 0 Å². The zero-order valence-corrected chi connectivity index (χ0v) is 40.9. The molecule has 0 heterocycles. The highest BCUT2D eigenvalue weighted by Crippen LogP contribution is 2.16. The number of aliphatic hydroxyl groups is 2. The Hall–Kier alpha value is -1.66. The predicted octanol–water partition coefficient (Wildman–Crippen LogP) is 16.3. The highest BCUT2D eigenvalue weighted by molar-refractivity contribution is 5.76. The zero-order chi connectivity index (χ0) is 44.4. The fraction of sp³-hybridized carbons (Fsp3) is 0.891. The number of hydrogen-bond donors (Lipinski definition) is 3. The van der Waals surface area contributed by atoms with Gasteiger partial charge in [0, 0.05) is 12.8 Å². The molecule has 0 rings (SSSR count). The van der Waals surface area contributed by atoms with E-state index in [0.717, 1.165) is 70.6 Å². The minimum absolute atomic E-state index is 0.0132. The van der Waals surface area contributed by atoms with E-state index in [9.17, 15) is 19.8 Å². The van der Waals surface area contributed by atoms with Gasteiger partial charge >= 0.3 is 5.97 Å². The molecule has 0 fully saturated rings. The topological polar surface area (TPSA) is 95.9 Å². The van der Waals surface area contributed by atoms with E-state index in [-0.39, 0.29) is 18.5 Å². The van der Waals surface area contributed by atoms with E-state index < -0.39 is 12.1 Å². The third kappa shape index (κ3) is 47.7. The average Bonchev–Trinajstić information content (AvgIpc) is 3.26. The summed E-state index contributed by atoms with van der Waals surface area (Å²) in [4.78, 5) is 24.4. The molecule has 0 radical (unpaired) electrons. The number of esters is 1. The molecular formula is C55H105NO5. The second-order valence-electron chi connectivity index (χ2n) is 18.6. The first-order valence-electron chi connectivity index (χ1n) is 27.1. The molecule has 0 aromatic carbocycles. The predicted molar refractivity (Wildman–Crippen MR) is 264 cm³/mol. The summed E-state index contributed by atoms with van der Waals surface area (Å²) in [6, 6.07) is -0.648. The molecule has 6 heteroatoms. The number of carbonyl (C=O) groups is 2. The highest BCUT2D eigenvalue weighted by Gasteiger charge is 2.18. The standard InChI is InChI=1S/C55H105NO5/c1-3-5-7-9-11-13-15-17-18-19-20-21-22-24-27-31-35-39-43-47-53(58)52(51-57)56-54(59)48-44-40-36-32-28-25-23-26-30-34-38-42-46-50-61-55(60)49-45-41-37-33-29-16-14-12-10-8-6-4-2/h25,28,43,47,52-53,57-58H,3-24,26-27,29-42,44-46,48-51H2,1-2H3,(H,56,59)/b28-25-,47-43+. The molecule has 0 aliphatic rings. The molecule has 2 unspecified atom stereocenters. The highest BCUT2D eigenvalue weighted by atomic mass is 16.5. The van der Waals surface area contributed by atoms with Crippen LogP contribution >= 0.6 is 0 Å². The Morgan fingerprint density at radius 2 is 0.770 bits per heavy atom. The second-order valence-corrected chi connectivity index (χ2v) is 18.6. The van der Waals surface area contributed by atoms with Gasteiger partial charge in [0.05, 0.1) is 25.4 Å². The number of allylic oxidation sites excluding steroid dienone is 3. The van der Waals surface area contributed by atoms with Crippen molar-refractivity contribution < 1.29 is 24.5 Å². The van der Waals surface area contributed by atoms with Gasteiger partial charge in [0.15, 0.2) is 0 Å². The summed E-state index contributed by atoms with van der Waals surface area (Å²) in [6.07, 6.45) is 60.4. The molecule has 0 saturated heterocycles. The molecule has 1 amide bonds. The number of rotatable bonds is 50. The Labute approximate surface area is 380 Å². The van der Waals surface area contributed by atoms with Crippen LogP contribution in [0.15, 0.2) is 24.3 Å². The van der Waals surface area contributed by atoms with Crippen molar-refractivity contribution in [1.29, 1.82) is 0 Å². The molecule has 360 valence electrons. The van der Waals surface area contributed by atoms with Crippen LogP contribution in [0.2, 0.25) is 0 Å². The van der Waals surface area contributed by atoms with Gasteiger partial charge in [-0.25, -0.2) is 0 Å². The number of unbranched alkanes of at least 4 members (excludes halogenated alkanes) is 37. The lowest BCUT2D eigenvalue weighted by atomic mass is 10.0. The van der Waals surface area contributed by atoms with E-state index in [0.29, 0.717) is 19.4 Å². The van der Waals surface area contributed by atoms with Gasteiger partial charge in [-0.2, -0.15) is 0 Å². The van der Waals surface area contributed by atoms with E-state index in [2.05, 4.69) is 31.3 Å². The van der Waals surface area contributed by atoms with Crippen molar-refractivity contribution in [2.45, 2.75) is 302 Å². The van der Waals surface area contributed by atoms with Crippen LogP contribution < -0.4 is 5.32 Å². The van der Waals surface area contributed by atoms with Crippen molar-refractivity contribution in [2.24, 2.45) is 0 Å². The van der Waals surface area contributed by atoms with E-state index >= 15 is 0 Å². The fourth-order valence-electron chi connectivity index (χ4n) is 8.27. The Kier molecular flexibility index (Phi) is 49.6. The largest absolute Gasteiger partial charge is 0.466 e. The number of hydrogen-bond acceptors (Lipinski definition) is 5. The summed E-state index contributed by atoms with van der Waals surface area (Å²) < 4.78 is 5.45. The van der Waals surface area contributed by atoms with Gasteiger partial charge in [0.2, 0.25) is 5.91 Å². The first-order valence-corrected chi connectivity index (χ1v) is 27.1. The van der Waals surface area contributed by atoms with Crippen LogP contribution in [0.1, 0.15) is 290 Å². The summed E-state index contributed by atoms with van der Waals surface area (Å²) in [6.45, 7) is 4.87. The zero-order valence-electron chi connectivity index (χ0n) is 40.9. The molecule has 3 N–H and O–H groups in total. The van der Waals surface area contributed by atoms with E-state index in [1.54, 1.807) is 6.08 Å². The second kappa shape index (κ2) is 51.0. The maximum absolute atomic E-state index is 12.4. The Morgan fingerprint density at radius 3 is 1.18 bits per heavy atom. The minimum atomic E-state index is -0.861. The van der Waals surface area contributed by atoms with Gasteiger partial charge in [0.25, 0.3) is 0 Å². The van der Waals surface area contributed by atoms with Crippen LogP contribution in [0.25, 0.3) is 0 Å². The molecule has 0 aromatic heterocycles. The van der Waals surface area contributed by atoms with E-state index in [1.165, 1.54) is 193 Å². The number of aliphatic hydroxyl groups excluding tert-OH is 2. The molecule has 0 saturated carbocycles. The molecule has 0 bridgehead atoms. The van der Waals surface area contributed by atoms with Gasteiger partial charge in [0.1, 0.15) is 0 Å². The SMILES string of the molecule is CCCCCCCCCCCCCCCCCCC/C=C/C(O)C(CO)NC(=O)CCCCC/C=C\CCCCCCCCOC(=O)CCCCCCCCCCCCCC. The van der Waals surface area contributed by atoms with Crippen LogP contribution in [-0.4, -0.2) is 47.4 Å². The van der Waals surface area contributed by atoms with Crippen molar-refractivity contribution in [3.05, 3.63) is 24.3 Å². The third-order valence-corrected chi connectivity index (χ3v) is 12.5. The van der Waals surface area contributed by atoms with Gasteiger partial charge in [-0.1, -0.05) is 244 Å². The Morgan fingerprint density at radius 1 is 0.443 bits per heavy atom. The van der Waals surface area contributed by atoms with Gasteiger partial charge in [-0.15, -0.1) is 0 Å². The maximum atomic E-state index is 12.4. The van der Waals surface area contributed by atoms with Crippen molar-refractivity contribution in [3.63, 3.8) is 0 Å². The summed E-state index contributed by atoms with van der Waals surface area (Å²) in [5, 5.41) is 23.1. The minimum Gasteiger partial charge on any atom is -0.466 e. The molecule has 61 heavy (non-hydrogen) atoms. The molecule has 0 aromatic rings. The van der Waals surface area contributed by atoms with Crippen molar-refractivity contribution in [3.8, 4) is 0 Å². The Balaban J connectivity index is 3.54. The van der Waals surface area contributed by atoms with Crippen LogP contribution in [-0.2, 0) is 14.3 Å². The van der Waals surface area contributed by atoms with Gasteiger partial charge < -0.3 is 20.3 Å². The first-order chi connectivity index (χ1) is 30.0. The van der Waals surface area contributed by atoms with Crippen molar-refractivity contribution in [1.82, 2.24) is 5.32 Å². The number of ether oxygens (including phenoxy) is 1. The molecule has 2 atom stereocenters. The van der Waals surface area contributed by atoms with E-state index in [1.807, 2.05) is 6.08 Å². The molecule has 0 aliphatic carbocycles. The van der Waals surface area contributed by atoms with Gasteiger partial charge in [-0.3, -0.25) is 9.59 Å². The van der Waals surface area contributed by atoms with Crippen molar-refractivity contribution >= 4 is 11.9 Å². The molecule has 6 nitrogen and oxygen atoms in total. The van der Waals surface area contributed by atoms with Gasteiger partial charge in [-0.05, 0) is 57.8 Å². The summed E-state index contributed by atoms with van der Waals surface area (Å²) >= 11 is 0. The van der Waals surface area contributed by atoms with Crippen molar-refractivity contribution in [2.75, 3.05) is 13.2 Å². The lowest BCUT2D eigenvalue weighted by Crippen LogP contribution is -2.45. The smallest absolute Gasteiger partial charge is 0.305 e. The molecule has 0 aliphatic heterocycles.